The Kier molecular flexibility index (Phi) is 4.80. The molecule has 0 saturated heterocycles. The number of hydrogen-bond donors (Lipinski definition) is 2. The van der Waals surface area contributed by atoms with Crippen LogP contribution >= 0.6 is 15.9 Å². The molecule has 5 nitrogen and oxygen atoms in total. The van der Waals surface area contributed by atoms with Crippen LogP contribution in [0.4, 0.5) is 8.78 Å². The Morgan fingerprint density at radius 1 is 1.37 bits per heavy atom. The van der Waals surface area contributed by atoms with E-state index in [0.717, 1.165) is 4.47 Å². The number of aromatic amines is 1. The summed E-state index contributed by atoms with van der Waals surface area (Å²) in [5.41, 5.74) is 0.634. The summed E-state index contributed by atoms with van der Waals surface area (Å²) in [6.07, 6.45) is 1.40. The van der Waals surface area contributed by atoms with Crippen molar-refractivity contribution in [2.75, 3.05) is 0 Å². The highest BCUT2D eigenvalue weighted by Gasteiger charge is 2.10. The predicted octanol–water partition coefficient (Wildman–Crippen LogP) is 2.46. The van der Waals surface area contributed by atoms with E-state index in [1.54, 1.807) is 12.1 Å². The molecule has 19 heavy (non-hydrogen) atoms. The van der Waals surface area contributed by atoms with Crippen LogP contribution in [0.25, 0.3) is 0 Å². The minimum absolute atomic E-state index is 0.156. The lowest BCUT2D eigenvalue weighted by Gasteiger charge is -2.11. The van der Waals surface area contributed by atoms with Gasteiger partial charge < -0.3 is 10.1 Å². The molecule has 102 valence electrons. The quantitative estimate of drug-likeness (QED) is 0.852. The Bertz CT molecular complexity index is 521. The van der Waals surface area contributed by atoms with Crippen LogP contribution in [0.5, 0.6) is 5.75 Å². The molecule has 0 radical (unpaired) electrons. The molecule has 0 saturated carbocycles. The van der Waals surface area contributed by atoms with Crippen molar-refractivity contribution in [1.82, 2.24) is 20.5 Å². The first-order chi connectivity index (χ1) is 9.15. The number of aromatic nitrogens is 3. The highest BCUT2D eigenvalue weighted by Crippen LogP contribution is 2.24. The van der Waals surface area contributed by atoms with Crippen molar-refractivity contribution in [1.29, 1.82) is 0 Å². The van der Waals surface area contributed by atoms with Crippen molar-refractivity contribution in [2.24, 2.45) is 0 Å². The summed E-state index contributed by atoms with van der Waals surface area (Å²) < 4.78 is 29.8. The van der Waals surface area contributed by atoms with Crippen LogP contribution in [0, 0.1) is 0 Å². The molecular weight excluding hydrogens is 322 g/mol. The third kappa shape index (κ3) is 4.25. The van der Waals surface area contributed by atoms with Crippen LogP contribution in [0.1, 0.15) is 11.4 Å². The summed E-state index contributed by atoms with van der Waals surface area (Å²) >= 11 is 3.29. The average molecular weight is 333 g/mol. The first-order valence-electron chi connectivity index (χ1n) is 5.43. The van der Waals surface area contributed by atoms with Crippen LogP contribution in [-0.2, 0) is 13.1 Å². The molecule has 0 fully saturated rings. The molecule has 0 aliphatic rings. The van der Waals surface area contributed by atoms with E-state index >= 15 is 0 Å². The number of rotatable bonds is 6. The normalized spacial score (nSPS) is 10.9. The standard InChI is InChI=1S/C11H11BrF2N4O/c12-8-1-2-9(19-11(13)14)7(3-8)4-15-5-10-16-6-17-18-10/h1-3,6,11,15H,4-5H2,(H,16,17,18). The molecule has 0 spiro atoms. The van der Waals surface area contributed by atoms with Gasteiger partial charge in [-0.05, 0) is 18.2 Å². The fraction of sp³-hybridized carbons (Fsp3) is 0.273. The van der Waals surface area contributed by atoms with Gasteiger partial charge in [0, 0.05) is 16.6 Å². The smallest absolute Gasteiger partial charge is 0.387 e. The van der Waals surface area contributed by atoms with Crippen LogP contribution < -0.4 is 10.1 Å². The molecule has 0 aliphatic heterocycles. The Balaban J connectivity index is 1.99. The van der Waals surface area contributed by atoms with Gasteiger partial charge in [-0.1, -0.05) is 15.9 Å². The van der Waals surface area contributed by atoms with E-state index in [1.165, 1.54) is 12.4 Å². The van der Waals surface area contributed by atoms with Gasteiger partial charge in [-0.25, -0.2) is 4.98 Å². The highest BCUT2D eigenvalue weighted by atomic mass is 79.9. The maximum atomic E-state index is 12.3. The monoisotopic (exact) mass is 332 g/mol. The zero-order valence-electron chi connectivity index (χ0n) is 9.74. The van der Waals surface area contributed by atoms with Crippen LogP contribution in [0.3, 0.4) is 0 Å². The summed E-state index contributed by atoms with van der Waals surface area (Å²) in [7, 11) is 0. The number of benzene rings is 1. The molecule has 8 heteroatoms. The van der Waals surface area contributed by atoms with Crippen molar-refractivity contribution in [2.45, 2.75) is 19.7 Å². The molecule has 1 aromatic carbocycles. The second-order valence-electron chi connectivity index (χ2n) is 3.67. The van der Waals surface area contributed by atoms with Crippen molar-refractivity contribution < 1.29 is 13.5 Å². The Morgan fingerprint density at radius 2 is 2.21 bits per heavy atom. The molecule has 2 aromatic rings. The SMILES string of the molecule is FC(F)Oc1ccc(Br)cc1CNCc1ncn[nH]1. The van der Waals surface area contributed by atoms with Gasteiger partial charge in [0.15, 0.2) is 0 Å². The number of nitrogens with one attached hydrogen (secondary N) is 2. The van der Waals surface area contributed by atoms with Gasteiger partial charge in [0.2, 0.25) is 0 Å². The molecular formula is C11H11BrF2N4O. The maximum Gasteiger partial charge on any atom is 0.387 e. The van der Waals surface area contributed by atoms with Gasteiger partial charge in [-0.15, -0.1) is 0 Å². The Labute approximate surface area is 116 Å². The second-order valence-corrected chi connectivity index (χ2v) is 4.58. The molecule has 1 heterocycles. The van der Waals surface area contributed by atoms with E-state index in [4.69, 9.17) is 0 Å². The predicted molar refractivity (Wildman–Crippen MR) is 67.7 cm³/mol. The van der Waals surface area contributed by atoms with Crippen LogP contribution in [0.2, 0.25) is 0 Å². The largest absolute Gasteiger partial charge is 0.434 e. The number of nitrogens with zero attached hydrogens (tertiary/aromatic N) is 2. The minimum Gasteiger partial charge on any atom is -0.434 e. The number of alkyl halides is 2. The van der Waals surface area contributed by atoms with E-state index < -0.39 is 6.61 Å². The lowest BCUT2D eigenvalue weighted by Crippen LogP contribution is -2.15. The summed E-state index contributed by atoms with van der Waals surface area (Å²) in [5, 5.41) is 9.47. The second kappa shape index (κ2) is 6.58. The number of halogens is 3. The van der Waals surface area contributed by atoms with Gasteiger partial charge in [0.1, 0.15) is 17.9 Å². The molecule has 0 aliphatic carbocycles. The van der Waals surface area contributed by atoms with Crippen molar-refractivity contribution in [3.8, 4) is 5.75 Å². The first-order valence-corrected chi connectivity index (χ1v) is 6.22. The molecule has 0 unspecified atom stereocenters. The van der Waals surface area contributed by atoms with Crippen LogP contribution in [0.15, 0.2) is 29.0 Å². The number of hydrogen-bond acceptors (Lipinski definition) is 4. The minimum atomic E-state index is -2.84. The fourth-order valence-electron chi connectivity index (χ4n) is 1.53. The van der Waals surface area contributed by atoms with Crippen molar-refractivity contribution >= 4 is 15.9 Å². The lowest BCUT2D eigenvalue weighted by molar-refractivity contribution is -0.0505. The first kappa shape index (κ1) is 13.9. The van der Waals surface area contributed by atoms with Gasteiger partial charge in [0.05, 0.1) is 6.54 Å². The zero-order valence-corrected chi connectivity index (χ0v) is 11.3. The van der Waals surface area contributed by atoms with Gasteiger partial charge in [-0.2, -0.15) is 13.9 Å². The Morgan fingerprint density at radius 3 is 2.89 bits per heavy atom. The highest BCUT2D eigenvalue weighted by molar-refractivity contribution is 9.10. The molecule has 1 aromatic heterocycles. The van der Waals surface area contributed by atoms with E-state index in [2.05, 4.69) is 41.2 Å². The van der Waals surface area contributed by atoms with Gasteiger partial charge in [0.25, 0.3) is 0 Å². The topological polar surface area (TPSA) is 62.8 Å². The van der Waals surface area contributed by atoms with Crippen molar-refractivity contribution in [3.63, 3.8) is 0 Å². The number of ether oxygens (including phenoxy) is 1. The third-order valence-electron chi connectivity index (χ3n) is 2.31. The van der Waals surface area contributed by atoms with Crippen molar-refractivity contribution in [3.05, 3.63) is 40.4 Å². The van der Waals surface area contributed by atoms with Gasteiger partial charge in [-0.3, -0.25) is 5.10 Å². The molecule has 2 N–H and O–H groups in total. The van der Waals surface area contributed by atoms with E-state index in [0.29, 0.717) is 24.5 Å². The fourth-order valence-corrected chi connectivity index (χ4v) is 1.94. The van der Waals surface area contributed by atoms with E-state index in [9.17, 15) is 8.78 Å². The summed E-state index contributed by atoms with van der Waals surface area (Å²) in [6, 6.07) is 4.88. The Hall–Kier alpha value is -1.54. The number of H-pyrrole nitrogens is 1. The summed E-state index contributed by atoms with van der Waals surface area (Å²) in [5.74, 6) is 0.828. The molecule has 0 atom stereocenters. The average Bonchev–Trinajstić information content (AvgIpc) is 2.85. The van der Waals surface area contributed by atoms with E-state index in [-0.39, 0.29) is 5.75 Å². The van der Waals surface area contributed by atoms with Gasteiger partial charge >= 0.3 is 6.61 Å². The zero-order chi connectivity index (χ0) is 13.7. The summed E-state index contributed by atoms with van der Waals surface area (Å²) in [6.45, 7) is -2.00. The van der Waals surface area contributed by atoms with Crippen LogP contribution in [-0.4, -0.2) is 21.8 Å². The molecule has 0 bridgehead atoms. The molecule has 2 rings (SSSR count). The lowest BCUT2D eigenvalue weighted by atomic mass is 10.2. The maximum absolute atomic E-state index is 12.3. The third-order valence-corrected chi connectivity index (χ3v) is 2.80. The van der Waals surface area contributed by atoms with E-state index in [1.807, 2.05) is 0 Å². The summed E-state index contributed by atoms with van der Waals surface area (Å²) in [4.78, 5) is 3.95. The molecule has 0 amide bonds.